The SMILES string of the molecule is CCCNC(=O)CSc1nnc(SCC(=O)NCCc2cccs2)s1. The molecule has 10 heteroatoms. The number of amides is 2. The van der Waals surface area contributed by atoms with Crippen LogP contribution >= 0.6 is 46.2 Å². The van der Waals surface area contributed by atoms with Crippen LogP contribution in [0.15, 0.2) is 26.2 Å². The summed E-state index contributed by atoms with van der Waals surface area (Å²) in [6.45, 7) is 3.35. The molecule has 2 rings (SSSR count). The molecule has 2 aromatic heterocycles. The van der Waals surface area contributed by atoms with E-state index >= 15 is 0 Å². The van der Waals surface area contributed by atoms with Crippen LogP contribution in [-0.4, -0.2) is 46.6 Å². The Morgan fingerprint density at radius 2 is 1.72 bits per heavy atom. The quantitative estimate of drug-likeness (QED) is 0.548. The van der Waals surface area contributed by atoms with Crippen LogP contribution < -0.4 is 10.6 Å². The maximum Gasteiger partial charge on any atom is 0.230 e. The van der Waals surface area contributed by atoms with Crippen molar-refractivity contribution < 1.29 is 9.59 Å². The molecule has 2 aromatic rings. The lowest BCUT2D eigenvalue weighted by Crippen LogP contribution is -2.27. The van der Waals surface area contributed by atoms with Crippen LogP contribution in [0.4, 0.5) is 0 Å². The van der Waals surface area contributed by atoms with Crippen molar-refractivity contribution in [2.24, 2.45) is 0 Å². The van der Waals surface area contributed by atoms with Crippen molar-refractivity contribution in [2.45, 2.75) is 28.4 Å². The van der Waals surface area contributed by atoms with Gasteiger partial charge in [-0.2, -0.15) is 0 Å². The summed E-state index contributed by atoms with van der Waals surface area (Å²) in [5.41, 5.74) is 0. The Kier molecular flexibility index (Phi) is 9.30. The summed E-state index contributed by atoms with van der Waals surface area (Å²) >= 11 is 5.84. The first-order chi connectivity index (χ1) is 12.2. The van der Waals surface area contributed by atoms with Crippen molar-refractivity contribution >= 4 is 58.0 Å². The summed E-state index contributed by atoms with van der Waals surface area (Å²) in [6, 6.07) is 4.07. The van der Waals surface area contributed by atoms with Gasteiger partial charge >= 0.3 is 0 Å². The van der Waals surface area contributed by atoms with Crippen molar-refractivity contribution in [3.8, 4) is 0 Å². The first-order valence-corrected chi connectivity index (χ1v) is 11.5. The van der Waals surface area contributed by atoms with E-state index in [1.807, 2.05) is 18.4 Å². The Labute approximate surface area is 163 Å². The first-order valence-electron chi connectivity index (χ1n) is 7.82. The molecule has 0 saturated carbocycles. The first kappa shape index (κ1) is 20.2. The fraction of sp³-hybridized carbons (Fsp3) is 0.467. The van der Waals surface area contributed by atoms with Gasteiger partial charge in [0, 0.05) is 18.0 Å². The van der Waals surface area contributed by atoms with Crippen LogP contribution in [0, 0.1) is 0 Å². The van der Waals surface area contributed by atoms with Crippen molar-refractivity contribution in [3.63, 3.8) is 0 Å². The van der Waals surface area contributed by atoms with Crippen LogP contribution in [0.3, 0.4) is 0 Å². The number of thiophene rings is 1. The van der Waals surface area contributed by atoms with E-state index in [4.69, 9.17) is 0 Å². The average molecular weight is 417 g/mol. The van der Waals surface area contributed by atoms with Gasteiger partial charge in [-0.05, 0) is 24.3 Å². The third-order valence-corrected chi connectivity index (χ3v) is 7.01. The second-order valence-corrected chi connectivity index (χ2v) is 9.40. The number of thioether (sulfide) groups is 2. The lowest BCUT2D eigenvalue weighted by Gasteiger charge is -2.02. The standard InChI is InChI=1S/C15H20N4O2S4/c1-2-6-16-12(20)9-23-14-18-19-15(25-14)24-10-13(21)17-7-5-11-4-3-8-22-11/h3-4,8H,2,5-7,9-10H2,1H3,(H,16,20)(H,17,21). The van der Waals surface area contributed by atoms with Gasteiger partial charge in [-0.3, -0.25) is 9.59 Å². The predicted octanol–water partition coefficient (Wildman–Crippen LogP) is 2.67. The van der Waals surface area contributed by atoms with Crippen LogP contribution in [0.5, 0.6) is 0 Å². The zero-order valence-corrected chi connectivity index (χ0v) is 17.1. The largest absolute Gasteiger partial charge is 0.355 e. The van der Waals surface area contributed by atoms with Gasteiger partial charge in [0.1, 0.15) is 0 Å². The minimum Gasteiger partial charge on any atom is -0.355 e. The Bertz CT molecular complexity index is 660. The third kappa shape index (κ3) is 8.21. The second-order valence-electron chi connectivity index (χ2n) is 4.94. The molecule has 0 spiro atoms. The summed E-state index contributed by atoms with van der Waals surface area (Å²) in [5, 5.41) is 15.8. The Morgan fingerprint density at radius 1 is 1.08 bits per heavy atom. The molecule has 2 amide bonds. The number of aromatic nitrogens is 2. The summed E-state index contributed by atoms with van der Waals surface area (Å²) in [7, 11) is 0. The van der Waals surface area contributed by atoms with Gasteiger partial charge in [0.05, 0.1) is 11.5 Å². The molecule has 2 N–H and O–H groups in total. The van der Waals surface area contributed by atoms with E-state index < -0.39 is 0 Å². The number of nitrogens with one attached hydrogen (secondary N) is 2. The number of nitrogens with zero attached hydrogens (tertiary/aromatic N) is 2. The van der Waals surface area contributed by atoms with Crippen LogP contribution in [-0.2, 0) is 16.0 Å². The second kappa shape index (κ2) is 11.5. The minimum absolute atomic E-state index is 0.00127. The molecule has 0 saturated heterocycles. The molecule has 0 aromatic carbocycles. The number of carbonyl (C=O) groups excluding carboxylic acids is 2. The van der Waals surface area contributed by atoms with Gasteiger partial charge in [-0.25, -0.2) is 0 Å². The van der Waals surface area contributed by atoms with E-state index in [-0.39, 0.29) is 11.8 Å². The highest BCUT2D eigenvalue weighted by Crippen LogP contribution is 2.28. The van der Waals surface area contributed by atoms with Gasteiger partial charge in [0.2, 0.25) is 11.8 Å². The number of hydrogen-bond donors (Lipinski definition) is 2. The van der Waals surface area contributed by atoms with Crippen molar-refractivity contribution in [2.75, 3.05) is 24.6 Å². The zero-order valence-electron chi connectivity index (χ0n) is 13.8. The van der Waals surface area contributed by atoms with E-state index in [1.54, 1.807) is 11.3 Å². The molecule has 0 bridgehead atoms. The van der Waals surface area contributed by atoms with E-state index in [9.17, 15) is 9.59 Å². The molecule has 0 aliphatic rings. The summed E-state index contributed by atoms with van der Waals surface area (Å²) in [5.74, 6) is 0.648. The van der Waals surface area contributed by atoms with Crippen LogP contribution in [0.2, 0.25) is 0 Å². The monoisotopic (exact) mass is 416 g/mol. The van der Waals surface area contributed by atoms with E-state index in [1.165, 1.54) is 39.7 Å². The van der Waals surface area contributed by atoms with E-state index in [2.05, 4.69) is 26.9 Å². The molecule has 0 unspecified atom stereocenters. The molecular formula is C15H20N4O2S4. The topological polar surface area (TPSA) is 84.0 Å². The summed E-state index contributed by atoms with van der Waals surface area (Å²) in [4.78, 5) is 24.7. The van der Waals surface area contributed by atoms with Gasteiger partial charge < -0.3 is 10.6 Å². The Hall–Kier alpha value is -1.10. The molecule has 0 atom stereocenters. The normalized spacial score (nSPS) is 10.6. The minimum atomic E-state index is -0.00935. The number of rotatable bonds is 11. The highest BCUT2D eigenvalue weighted by Gasteiger charge is 2.10. The van der Waals surface area contributed by atoms with E-state index in [0.29, 0.717) is 24.6 Å². The highest BCUT2D eigenvalue weighted by atomic mass is 32.2. The van der Waals surface area contributed by atoms with Crippen LogP contribution in [0.25, 0.3) is 0 Å². The lowest BCUT2D eigenvalue weighted by molar-refractivity contribution is -0.119. The van der Waals surface area contributed by atoms with Crippen molar-refractivity contribution in [1.82, 2.24) is 20.8 Å². The van der Waals surface area contributed by atoms with Gasteiger partial charge in [-0.15, -0.1) is 21.5 Å². The number of hydrogen-bond acceptors (Lipinski definition) is 8. The average Bonchev–Trinajstić information content (AvgIpc) is 3.28. The number of carbonyl (C=O) groups is 2. The fourth-order valence-electron chi connectivity index (χ4n) is 1.71. The maximum absolute atomic E-state index is 11.8. The van der Waals surface area contributed by atoms with E-state index in [0.717, 1.165) is 21.5 Å². The molecule has 0 aliphatic heterocycles. The molecule has 0 fully saturated rings. The highest BCUT2D eigenvalue weighted by molar-refractivity contribution is 8.03. The molecule has 0 aliphatic carbocycles. The van der Waals surface area contributed by atoms with Crippen molar-refractivity contribution in [1.29, 1.82) is 0 Å². The molecule has 25 heavy (non-hydrogen) atoms. The van der Waals surface area contributed by atoms with Gasteiger partial charge in [-0.1, -0.05) is 47.9 Å². The third-order valence-electron chi connectivity index (χ3n) is 2.89. The Morgan fingerprint density at radius 3 is 2.28 bits per heavy atom. The lowest BCUT2D eigenvalue weighted by atomic mass is 10.3. The molecular weight excluding hydrogens is 396 g/mol. The maximum atomic E-state index is 11.8. The molecule has 136 valence electrons. The van der Waals surface area contributed by atoms with Crippen molar-refractivity contribution in [3.05, 3.63) is 22.4 Å². The van der Waals surface area contributed by atoms with Crippen LogP contribution in [0.1, 0.15) is 18.2 Å². The zero-order chi connectivity index (χ0) is 17.9. The fourth-order valence-corrected chi connectivity index (χ4v) is 5.10. The van der Waals surface area contributed by atoms with Gasteiger partial charge in [0.25, 0.3) is 0 Å². The summed E-state index contributed by atoms with van der Waals surface area (Å²) < 4.78 is 1.48. The summed E-state index contributed by atoms with van der Waals surface area (Å²) in [6.07, 6.45) is 1.78. The predicted molar refractivity (Wildman–Crippen MR) is 106 cm³/mol. The molecule has 0 radical (unpaired) electrons. The molecule has 2 heterocycles. The smallest absolute Gasteiger partial charge is 0.230 e. The molecule has 6 nitrogen and oxygen atoms in total. The van der Waals surface area contributed by atoms with Gasteiger partial charge in [0.15, 0.2) is 8.68 Å². The Balaban J connectivity index is 1.61.